The van der Waals surface area contributed by atoms with Crippen LogP contribution in [0.5, 0.6) is 0 Å². The number of imidazole rings is 1. The van der Waals surface area contributed by atoms with Gasteiger partial charge in [0, 0.05) is 27.6 Å². The Labute approximate surface area is 264 Å². The topological polar surface area (TPSA) is 133 Å². The van der Waals surface area contributed by atoms with Gasteiger partial charge in [-0.15, -0.1) is 0 Å². The predicted molar refractivity (Wildman–Crippen MR) is 161 cm³/mol. The van der Waals surface area contributed by atoms with Gasteiger partial charge in [-0.3, -0.25) is 14.3 Å². The van der Waals surface area contributed by atoms with Crippen LogP contribution in [0.25, 0.3) is 22.3 Å². The van der Waals surface area contributed by atoms with Gasteiger partial charge < -0.3 is 19.0 Å². The molecule has 1 aliphatic heterocycles. The van der Waals surface area contributed by atoms with Gasteiger partial charge in [0.05, 0.1) is 31.4 Å². The van der Waals surface area contributed by atoms with E-state index in [4.69, 9.17) is 20.8 Å². The number of aromatic nitrogens is 2. The molecular formula is C28H27BrClF3N4O6S. The van der Waals surface area contributed by atoms with Crippen molar-refractivity contribution in [1.29, 1.82) is 0 Å². The van der Waals surface area contributed by atoms with E-state index in [1.807, 2.05) is 6.92 Å². The minimum absolute atomic E-state index is 0.0369. The predicted octanol–water partition coefficient (Wildman–Crippen LogP) is 6.61. The molecule has 44 heavy (non-hydrogen) atoms. The lowest BCUT2D eigenvalue weighted by atomic mass is 10.0. The van der Waals surface area contributed by atoms with Crippen molar-refractivity contribution < 1.29 is 40.3 Å². The molecule has 2 aliphatic rings. The number of rotatable bonds is 12. The number of nitrogens with one attached hydrogen (secondary N) is 2. The average Bonchev–Trinajstić information content (AvgIpc) is 3.43. The molecule has 4 rings (SSSR count). The van der Waals surface area contributed by atoms with Crippen LogP contribution in [0.1, 0.15) is 48.6 Å². The Morgan fingerprint density at radius 1 is 1.14 bits per heavy atom. The zero-order valence-electron chi connectivity index (χ0n) is 23.4. The molecule has 2 heterocycles. The summed E-state index contributed by atoms with van der Waals surface area (Å²) in [6.45, 7) is 3.27. The molecule has 1 aliphatic carbocycles. The highest BCUT2D eigenvalue weighted by Gasteiger charge is 2.46. The molecule has 0 radical (unpaired) electrons. The van der Waals surface area contributed by atoms with Crippen molar-refractivity contribution >= 4 is 55.1 Å². The molecule has 2 N–H and O–H groups in total. The Kier molecular flexibility index (Phi) is 10.3. The number of unbranched alkanes of at least 4 members (excludes halogenated alkanes) is 1. The SMILES string of the molecule is CCCCc1nc(Cl)c(C(=O)NCC(=O)OCC)n1Cc1c2ccocc-2c(Br)c1-c1ccccc1NS(=O)(=O)C(F)(F)F. The molecular weight excluding hydrogens is 693 g/mol. The summed E-state index contributed by atoms with van der Waals surface area (Å²) in [6.07, 6.45) is 4.79. The number of alkyl halides is 3. The van der Waals surface area contributed by atoms with Crippen LogP contribution in [0, 0.1) is 0 Å². The van der Waals surface area contributed by atoms with Crippen molar-refractivity contribution in [2.24, 2.45) is 0 Å². The molecule has 0 bridgehead atoms. The van der Waals surface area contributed by atoms with E-state index in [0.29, 0.717) is 45.4 Å². The zero-order valence-corrected chi connectivity index (χ0v) is 26.6. The Balaban J connectivity index is 1.90. The highest BCUT2D eigenvalue weighted by atomic mass is 79.9. The maximum absolute atomic E-state index is 13.3. The summed E-state index contributed by atoms with van der Waals surface area (Å²) in [5.41, 5.74) is -3.77. The van der Waals surface area contributed by atoms with Crippen LogP contribution in [0.2, 0.25) is 5.15 Å². The number of anilines is 1. The average molecular weight is 720 g/mol. The van der Waals surface area contributed by atoms with Crippen LogP contribution in [-0.2, 0) is 32.5 Å². The van der Waals surface area contributed by atoms with Gasteiger partial charge in [0.15, 0.2) is 5.15 Å². The number of fused-ring (bicyclic) bond motifs is 1. The molecule has 1 amide bonds. The Bertz CT molecular complexity index is 1760. The summed E-state index contributed by atoms with van der Waals surface area (Å²) < 4.78 is 78.1. The Hall–Kier alpha value is -3.56. The zero-order chi connectivity index (χ0) is 32.2. The quantitative estimate of drug-likeness (QED) is 0.158. The summed E-state index contributed by atoms with van der Waals surface area (Å²) >= 11 is 10.0. The number of aryl methyl sites for hydroxylation is 1. The molecule has 10 nitrogen and oxygen atoms in total. The molecule has 0 saturated carbocycles. The number of esters is 1. The summed E-state index contributed by atoms with van der Waals surface area (Å²) in [7, 11) is -5.75. The van der Waals surface area contributed by atoms with E-state index < -0.39 is 34.0 Å². The van der Waals surface area contributed by atoms with Gasteiger partial charge >= 0.3 is 21.5 Å². The number of nitrogens with zero attached hydrogens (tertiary/aromatic N) is 2. The third-order valence-corrected chi connectivity index (χ3v) is 8.79. The third-order valence-electron chi connectivity index (χ3n) is 6.61. The summed E-state index contributed by atoms with van der Waals surface area (Å²) in [6, 6.07) is 7.28. The number of amides is 1. The lowest BCUT2D eigenvalue weighted by Gasteiger charge is -2.17. The highest BCUT2D eigenvalue weighted by Crippen LogP contribution is 2.48. The first-order chi connectivity index (χ1) is 20.8. The van der Waals surface area contributed by atoms with Gasteiger partial charge in [-0.25, -0.2) is 4.98 Å². The number of hydrogen-bond acceptors (Lipinski definition) is 7. The number of carbonyl (C=O) groups excluding carboxylic acids is 2. The van der Waals surface area contributed by atoms with E-state index in [9.17, 15) is 31.2 Å². The second-order valence-electron chi connectivity index (χ2n) is 9.49. The number of halogens is 5. The van der Waals surface area contributed by atoms with Crippen LogP contribution in [0.3, 0.4) is 0 Å². The molecule has 0 atom stereocenters. The lowest BCUT2D eigenvalue weighted by Crippen LogP contribution is -2.32. The smallest absolute Gasteiger partial charge is 0.472 e. The van der Waals surface area contributed by atoms with Gasteiger partial charge in [0.1, 0.15) is 18.1 Å². The van der Waals surface area contributed by atoms with Crippen LogP contribution >= 0.6 is 27.5 Å². The third kappa shape index (κ3) is 6.89. The van der Waals surface area contributed by atoms with Crippen molar-refractivity contribution in [3.05, 3.63) is 69.6 Å². The maximum Gasteiger partial charge on any atom is 0.516 e. The molecule has 1 aromatic carbocycles. The van der Waals surface area contributed by atoms with Gasteiger partial charge in [-0.2, -0.15) is 21.6 Å². The van der Waals surface area contributed by atoms with Crippen LogP contribution in [0.15, 0.2) is 51.7 Å². The van der Waals surface area contributed by atoms with Crippen LogP contribution in [0.4, 0.5) is 18.9 Å². The van der Waals surface area contributed by atoms with Crippen molar-refractivity contribution in [1.82, 2.24) is 14.9 Å². The molecule has 0 fully saturated rings. The maximum atomic E-state index is 13.3. The van der Waals surface area contributed by atoms with E-state index in [0.717, 1.165) is 6.42 Å². The van der Waals surface area contributed by atoms with Gasteiger partial charge in [-0.05, 0) is 52.5 Å². The highest BCUT2D eigenvalue weighted by molar-refractivity contribution is 9.10. The number of para-hydroxylation sites is 1. The lowest BCUT2D eigenvalue weighted by molar-refractivity contribution is -0.141. The molecule has 2 aromatic rings. The standard InChI is InChI=1S/C28H27BrClF3N4O6S/c1-3-5-10-21-35-26(30)25(27(39)34-13-22(38)43-4-2)37(21)14-18-16-11-12-42-15-19(16)24(29)23(18)17-8-6-7-9-20(17)36-44(40,41)28(31,32)33/h6-9,11-12,15,36H,3-5,10,13-14H2,1-2H3,(H,34,39). The monoisotopic (exact) mass is 718 g/mol. The van der Waals surface area contributed by atoms with E-state index in [1.54, 1.807) is 28.3 Å². The molecule has 0 spiro atoms. The fraction of sp³-hybridized carbons (Fsp3) is 0.321. The normalized spacial score (nSPS) is 12.0. The van der Waals surface area contributed by atoms with Crippen molar-refractivity contribution in [2.75, 3.05) is 17.9 Å². The van der Waals surface area contributed by atoms with Gasteiger partial charge in [-0.1, -0.05) is 43.1 Å². The van der Waals surface area contributed by atoms with Crippen LogP contribution in [-0.4, -0.2) is 48.5 Å². The van der Waals surface area contributed by atoms with Crippen molar-refractivity contribution in [2.45, 2.75) is 45.2 Å². The minimum atomic E-state index is -5.75. The van der Waals surface area contributed by atoms with E-state index in [1.165, 1.54) is 30.7 Å². The van der Waals surface area contributed by atoms with Gasteiger partial charge in [0.25, 0.3) is 5.91 Å². The Morgan fingerprint density at radius 2 is 1.86 bits per heavy atom. The van der Waals surface area contributed by atoms with E-state index in [2.05, 4.69) is 26.2 Å². The first-order valence-corrected chi connectivity index (χ1v) is 16.0. The summed E-state index contributed by atoms with van der Waals surface area (Å²) in [5, 5.41) is 2.38. The van der Waals surface area contributed by atoms with Crippen molar-refractivity contribution in [3.8, 4) is 22.3 Å². The minimum Gasteiger partial charge on any atom is -0.472 e. The van der Waals surface area contributed by atoms with Crippen molar-refractivity contribution in [3.63, 3.8) is 0 Å². The van der Waals surface area contributed by atoms with E-state index in [-0.39, 0.29) is 35.2 Å². The molecule has 1 aromatic heterocycles. The number of hydrogen-bond donors (Lipinski definition) is 2. The number of carbonyl (C=O) groups is 2. The van der Waals surface area contributed by atoms with Crippen LogP contribution < -0.4 is 10.0 Å². The Morgan fingerprint density at radius 3 is 2.55 bits per heavy atom. The molecule has 236 valence electrons. The molecule has 16 heteroatoms. The second-order valence-corrected chi connectivity index (χ2v) is 12.3. The summed E-state index contributed by atoms with van der Waals surface area (Å²) in [4.78, 5) is 29.6. The molecule has 0 unspecified atom stereocenters. The van der Waals surface area contributed by atoms with E-state index >= 15 is 0 Å². The fourth-order valence-electron chi connectivity index (χ4n) is 4.63. The first kappa shape index (κ1) is 33.3. The largest absolute Gasteiger partial charge is 0.516 e. The number of benzene rings is 1. The number of ether oxygens (including phenoxy) is 1. The van der Waals surface area contributed by atoms with Gasteiger partial charge in [0.2, 0.25) is 0 Å². The fourth-order valence-corrected chi connectivity index (χ4v) is 6.25. The molecule has 0 saturated heterocycles. The summed E-state index contributed by atoms with van der Waals surface area (Å²) in [5.74, 6) is -0.881. The number of sulfonamides is 1. The second kappa shape index (κ2) is 13.6. The first-order valence-electron chi connectivity index (χ1n) is 13.3.